The van der Waals surface area contributed by atoms with Gasteiger partial charge in [-0.1, -0.05) is 59.2 Å². The van der Waals surface area contributed by atoms with E-state index in [4.69, 9.17) is 0 Å². The second kappa shape index (κ2) is 5.32. The van der Waals surface area contributed by atoms with Crippen LogP contribution in [0.4, 0.5) is 0 Å². The van der Waals surface area contributed by atoms with Gasteiger partial charge < -0.3 is 0 Å². The molecule has 0 aliphatic carbocycles. The Morgan fingerprint density at radius 2 is 1.92 bits per heavy atom. The van der Waals surface area contributed by atoms with Gasteiger partial charge in [-0.3, -0.25) is 0 Å². The SMILES string of the molecule is CCC(C)CPc1ccccc1. The third-order valence-corrected chi connectivity index (χ3v) is 3.77. The highest BCUT2D eigenvalue weighted by atomic mass is 31.1. The van der Waals surface area contributed by atoms with Crippen molar-refractivity contribution in [1.29, 1.82) is 0 Å². The molecule has 0 spiro atoms. The standard InChI is InChI=1S/C11H17P/c1-3-10(2)9-12-11-7-5-4-6-8-11/h4-8,10,12H,3,9H2,1-2H3. The molecule has 1 rings (SSSR count). The second-order valence-electron chi connectivity index (χ2n) is 3.26. The van der Waals surface area contributed by atoms with Gasteiger partial charge in [0.2, 0.25) is 0 Å². The van der Waals surface area contributed by atoms with E-state index in [-0.39, 0.29) is 0 Å². The topological polar surface area (TPSA) is 0 Å². The number of hydrogen-bond donors (Lipinski definition) is 0. The van der Waals surface area contributed by atoms with Crippen LogP contribution < -0.4 is 5.30 Å². The highest BCUT2D eigenvalue weighted by Crippen LogP contribution is 2.16. The summed E-state index contributed by atoms with van der Waals surface area (Å²) < 4.78 is 0. The fraction of sp³-hybridized carbons (Fsp3) is 0.455. The van der Waals surface area contributed by atoms with E-state index in [0.717, 1.165) is 14.5 Å². The van der Waals surface area contributed by atoms with E-state index < -0.39 is 0 Å². The Morgan fingerprint density at radius 3 is 2.50 bits per heavy atom. The van der Waals surface area contributed by atoms with Crippen LogP contribution >= 0.6 is 8.58 Å². The Morgan fingerprint density at radius 1 is 1.25 bits per heavy atom. The van der Waals surface area contributed by atoms with Gasteiger partial charge >= 0.3 is 0 Å². The maximum Gasteiger partial charge on any atom is -0.0271 e. The van der Waals surface area contributed by atoms with Crippen molar-refractivity contribution in [1.82, 2.24) is 0 Å². The second-order valence-corrected chi connectivity index (χ2v) is 4.60. The summed E-state index contributed by atoms with van der Waals surface area (Å²) in [4.78, 5) is 0. The minimum absolute atomic E-state index is 0.878. The molecule has 12 heavy (non-hydrogen) atoms. The third-order valence-electron chi connectivity index (χ3n) is 2.13. The predicted octanol–water partition coefficient (Wildman–Crippen LogP) is 3.04. The number of hydrogen-bond acceptors (Lipinski definition) is 0. The van der Waals surface area contributed by atoms with Gasteiger partial charge in [-0.2, -0.15) is 0 Å². The molecule has 2 unspecified atom stereocenters. The fourth-order valence-electron chi connectivity index (χ4n) is 0.992. The average molecular weight is 180 g/mol. The fourth-order valence-corrected chi connectivity index (χ4v) is 2.29. The molecule has 0 bridgehead atoms. The zero-order valence-corrected chi connectivity index (χ0v) is 8.88. The molecule has 0 aliphatic heterocycles. The quantitative estimate of drug-likeness (QED) is 0.625. The van der Waals surface area contributed by atoms with Crippen LogP contribution in [0.1, 0.15) is 20.3 Å². The molecule has 0 nitrogen and oxygen atoms in total. The largest absolute Gasteiger partial charge is 0.0901 e. The molecule has 0 radical (unpaired) electrons. The molecule has 1 aromatic rings. The van der Waals surface area contributed by atoms with E-state index in [9.17, 15) is 0 Å². The normalized spacial score (nSPS) is 13.8. The van der Waals surface area contributed by atoms with Gasteiger partial charge in [0.1, 0.15) is 0 Å². The first kappa shape index (κ1) is 9.74. The lowest BCUT2D eigenvalue weighted by atomic mass is 10.2. The maximum absolute atomic E-state index is 2.33. The zero-order valence-electron chi connectivity index (χ0n) is 7.88. The first-order chi connectivity index (χ1) is 5.83. The Kier molecular flexibility index (Phi) is 4.32. The van der Waals surface area contributed by atoms with Crippen LogP contribution in [0.5, 0.6) is 0 Å². The number of rotatable bonds is 4. The summed E-state index contributed by atoms with van der Waals surface area (Å²) >= 11 is 0. The summed E-state index contributed by atoms with van der Waals surface area (Å²) in [5.41, 5.74) is 0. The number of benzene rings is 1. The Bertz CT molecular complexity index is 206. The van der Waals surface area contributed by atoms with Gasteiger partial charge in [0.05, 0.1) is 0 Å². The predicted molar refractivity (Wildman–Crippen MR) is 58.7 cm³/mol. The average Bonchev–Trinajstić information content (AvgIpc) is 2.16. The first-order valence-corrected chi connectivity index (χ1v) is 5.82. The van der Waals surface area contributed by atoms with E-state index in [2.05, 4.69) is 44.2 Å². The maximum atomic E-state index is 2.33. The van der Waals surface area contributed by atoms with E-state index in [1.54, 1.807) is 0 Å². The van der Waals surface area contributed by atoms with Crippen LogP contribution in [0.2, 0.25) is 0 Å². The molecule has 0 saturated heterocycles. The highest BCUT2D eigenvalue weighted by molar-refractivity contribution is 7.47. The molecule has 0 aliphatic rings. The van der Waals surface area contributed by atoms with E-state index in [1.165, 1.54) is 17.9 Å². The van der Waals surface area contributed by atoms with Crippen molar-refractivity contribution in [2.24, 2.45) is 5.92 Å². The molecule has 0 N–H and O–H groups in total. The smallest absolute Gasteiger partial charge is 0.0271 e. The zero-order chi connectivity index (χ0) is 8.81. The summed E-state index contributed by atoms with van der Waals surface area (Å²) in [6.07, 6.45) is 2.65. The molecule has 1 aromatic carbocycles. The molecule has 1 heteroatoms. The Balaban J connectivity index is 2.33. The molecule has 66 valence electrons. The van der Waals surface area contributed by atoms with Crippen LogP contribution in [0.15, 0.2) is 30.3 Å². The van der Waals surface area contributed by atoms with Crippen molar-refractivity contribution in [2.75, 3.05) is 6.16 Å². The Hall–Kier alpha value is -0.350. The van der Waals surface area contributed by atoms with E-state index in [0.29, 0.717) is 0 Å². The summed E-state index contributed by atoms with van der Waals surface area (Å²) in [6, 6.07) is 10.8. The highest BCUT2D eigenvalue weighted by Gasteiger charge is 1.98. The van der Waals surface area contributed by atoms with Crippen molar-refractivity contribution in [3.05, 3.63) is 30.3 Å². The minimum atomic E-state index is 0.878. The van der Waals surface area contributed by atoms with Crippen molar-refractivity contribution in [3.63, 3.8) is 0 Å². The van der Waals surface area contributed by atoms with Crippen molar-refractivity contribution in [2.45, 2.75) is 20.3 Å². The van der Waals surface area contributed by atoms with Gasteiger partial charge in [-0.05, 0) is 17.4 Å². The van der Waals surface area contributed by atoms with E-state index in [1.807, 2.05) is 0 Å². The van der Waals surface area contributed by atoms with Crippen LogP contribution in [0.3, 0.4) is 0 Å². The lowest BCUT2D eigenvalue weighted by molar-refractivity contribution is 0.636. The first-order valence-electron chi connectivity index (χ1n) is 4.62. The summed E-state index contributed by atoms with van der Waals surface area (Å²) in [7, 11) is 0.992. The molecular formula is C11H17P. The summed E-state index contributed by atoms with van der Waals surface area (Å²) in [5.74, 6) is 0.878. The molecule has 0 amide bonds. The van der Waals surface area contributed by atoms with Crippen molar-refractivity contribution in [3.8, 4) is 0 Å². The van der Waals surface area contributed by atoms with E-state index >= 15 is 0 Å². The van der Waals surface area contributed by atoms with Gasteiger partial charge in [0.15, 0.2) is 0 Å². The van der Waals surface area contributed by atoms with Crippen LogP contribution in [0, 0.1) is 5.92 Å². The monoisotopic (exact) mass is 180 g/mol. The molecule has 2 atom stereocenters. The van der Waals surface area contributed by atoms with Crippen LogP contribution in [-0.4, -0.2) is 6.16 Å². The van der Waals surface area contributed by atoms with Gasteiger partial charge in [0.25, 0.3) is 0 Å². The summed E-state index contributed by atoms with van der Waals surface area (Å²) in [5, 5.41) is 1.50. The molecule has 0 saturated carbocycles. The molecule has 0 aromatic heterocycles. The third kappa shape index (κ3) is 3.36. The van der Waals surface area contributed by atoms with Gasteiger partial charge in [0, 0.05) is 0 Å². The van der Waals surface area contributed by atoms with Gasteiger partial charge in [-0.15, -0.1) is 0 Å². The minimum Gasteiger partial charge on any atom is -0.0901 e. The lowest BCUT2D eigenvalue weighted by Gasteiger charge is -2.07. The van der Waals surface area contributed by atoms with Gasteiger partial charge in [-0.25, -0.2) is 0 Å². The van der Waals surface area contributed by atoms with Crippen molar-refractivity contribution >= 4 is 13.9 Å². The molecular weight excluding hydrogens is 163 g/mol. The summed E-state index contributed by atoms with van der Waals surface area (Å²) in [6.45, 7) is 4.59. The molecule has 0 heterocycles. The lowest BCUT2D eigenvalue weighted by Crippen LogP contribution is -2.00. The van der Waals surface area contributed by atoms with Crippen LogP contribution in [-0.2, 0) is 0 Å². The van der Waals surface area contributed by atoms with Crippen molar-refractivity contribution < 1.29 is 0 Å². The Labute approximate surface area is 77.2 Å². The van der Waals surface area contributed by atoms with Crippen LogP contribution in [0.25, 0.3) is 0 Å². The molecule has 0 fully saturated rings.